The van der Waals surface area contributed by atoms with Crippen molar-refractivity contribution in [2.24, 2.45) is 0 Å². The number of fused-ring (bicyclic) bond motifs is 1. The Morgan fingerprint density at radius 1 is 1.00 bits per heavy atom. The summed E-state index contributed by atoms with van der Waals surface area (Å²) in [7, 11) is 0. The quantitative estimate of drug-likeness (QED) is 0.652. The Kier molecular flexibility index (Phi) is 6.17. The second-order valence-corrected chi connectivity index (χ2v) is 7.56. The third-order valence-corrected chi connectivity index (χ3v) is 5.15. The van der Waals surface area contributed by atoms with Crippen molar-refractivity contribution < 1.29 is 14.3 Å². The van der Waals surface area contributed by atoms with E-state index >= 15 is 0 Å². The van der Waals surface area contributed by atoms with Gasteiger partial charge in [0.2, 0.25) is 0 Å². The van der Waals surface area contributed by atoms with Gasteiger partial charge in [-0.3, -0.25) is 4.79 Å². The topological polar surface area (TPSA) is 70.7 Å². The number of hydrogen-bond acceptors (Lipinski definition) is 3. The zero-order valence-electron chi connectivity index (χ0n) is 17.4. The molecule has 1 unspecified atom stereocenters. The molecule has 0 saturated carbocycles. The van der Waals surface area contributed by atoms with Crippen LogP contribution in [0, 0.1) is 0 Å². The van der Waals surface area contributed by atoms with E-state index in [0.29, 0.717) is 31.1 Å². The molecule has 0 saturated heterocycles. The van der Waals surface area contributed by atoms with Crippen molar-refractivity contribution >= 4 is 17.6 Å². The molecule has 0 spiro atoms. The molecule has 2 N–H and O–H groups in total. The molecular weight excluding hydrogens is 390 g/mol. The summed E-state index contributed by atoms with van der Waals surface area (Å²) in [4.78, 5) is 26.9. The summed E-state index contributed by atoms with van der Waals surface area (Å²) >= 11 is 0. The maximum absolute atomic E-state index is 12.8. The molecule has 31 heavy (non-hydrogen) atoms. The highest BCUT2D eigenvalue weighted by Gasteiger charge is 2.28. The molecule has 6 heteroatoms. The van der Waals surface area contributed by atoms with E-state index in [4.69, 9.17) is 4.74 Å². The van der Waals surface area contributed by atoms with Gasteiger partial charge in [0.25, 0.3) is 5.91 Å². The number of anilines is 1. The first-order chi connectivity index (χ1) is 15.1. The van der Waals surface area contributed by atoms with Gasteiger partial charge < -0.3 is 20.3 Å². The molecule has 0 bridgehead atoms. The molecule has 0 aliphatic carbocycles. The molecule has 1 aliphatic heterocycles. The summed E-state index contributed by atoms with van der Waals surface area (Å²) in [5.74, 6) is 0.599. The minimum Gasteiger partial charge on any atom is -0.481 e. The Balaban J connectivity index is 1.46. The minimum atomic E-state index is -0.571. The van der Waals surface area contributed by atoms with Gasteiger partial charge in [0.05, 0.1) is 0 Å². The smallest absolute Gasteiger partial charge is 0.319 e. The van der Waals surface area contributed by atoms with Crippen LogP contribution >= 0.6 is 0 Å². The average Bonchev–Trinajstić information content (AvgIpc) is 2.90. The van der Waals surface area contributed by atoms with Gasteiger partial charge in [-0.25, -0.2) is 4.79 Å². The second-order valence-electron chi connectivity index (χ2n) is 7.56. The predicted molar refractivity (Wildman–Crippen MR) is 120 cm³/mol. The Morgan fingerprint density at radius 3 is 2.39 bits per heavy atom. The van der Waals surface area contributed by atoms with Gasteiger partial charge in [-0.15, -0.1) is 0 Å². The number of carbonyl (C=O) groups excluding carboxylic acids is 2. The number of amides is 3. The first-order valence-corrected chi connectivity index (χ1v) is 10.3. The molecule has 0 radical (unpaired) electrons. The summed E-state index contributed by atoms with van der Waals surface area (Å²) < 4.78 is 5.88. The lowest BCUT2D eigenvalue weighted by atomic mass is 10.1. The van der Waals surface area contributed by atoms with Gasteiger partial charge in [-0.05, 0) is 36.2 Å². The van der Waals surface area contributed by atoms with Crippen molar-refractivity contribution in [2.45, 2.75) is 32.7 Å². The van der Waals surface area contributed by atoms with E-state index in [2.05, 4.69) is 10.6 Å². The molecule has 1 aliphatic rings. The third kappa shape index (κ3) is 5.22. The number of carbonyl (C=O) groups is 2. The molecule has 0 fully saturated rings. The van der Waals surface area contributed by atoms with Crippen molar-refractivity contribution in [1.82, 2.24) is 10.2 Å². The van der Waals surface area contributed by atoms with Crippen molar-refractivity contribution in [2.75, 3.05) is 5.32 Å². The van der Waals surface area contributed by atoms with E-state index in [1.165, 1.54) is 0 Å². The summed E-state index contributed by atoms with van der Waals surface area (Å²) in [5, 5.41) is 5.71. The van der Waals surface area contributed by atoms with Crippen LogP contribution in [0.25, 0.3) is 0 Å². The van der Waals surface area contributed by atoms with Crippen LogP contribution in [-0.2, 0) is 24.4 Å². The first kappa shape index (κ1) is 20.5. The zero-order valence-corrected chi connectivity index (χ0v) is 17.4. The Morgan fingerprint density at radius 2 is 1.68 bits per heavy atom. The lowest BCUT2D eigenvalue weighted by Gasteiger charge is -2.22. The average molecular weight is 415 g/mol. The normalized spacial score (nSPS) is 15.5. The van der Waals surface area contributed by atoms with Gasteiger partial charge in [-0.1, -0.05) is 60.7 Å². The Labute approximate surface area is 181 Å². The van der Waals surface area contributed by atoms with Crippen LogP contribution in [0.4, 0.5) is 10.5 Å². The highest BCUT2D eigenvalue weighted by atomic mass is 16.5. The zero-order chi connectivity index (χ0) is 21.6. The van der Waals surface area contributed by atoms with E-state index in [-0.39, 0.29) is 11.9 Å². The lowest BCUT2D eigenvalue weighted by Crippen LogP contribution is -2.37. The minimum absolute atomic E-state index is 0.0600. The van der Waals surface area contributed by atoms with E-state index in [0.717, 1.165) is 16.7 Å². The molecule has 3 amide bonds. The van der Waals surface area contributed by atoms with E-state index in [1.807, 2.05) is 66.7 Å². The molecule has 1 heterocycles. The SMILES string of the molecule is CC1Oc2ccc(NC(=O)NCc3ccccc3)cc2CN(Cc2ccccc2)C1=O. The highest BCUT2D eigenvalue weighted by molar-refractivity contribution is 5.89. The maximum Gasteiger partial charge on any atom is 0.319 e. The third-order valence-electron chi connectivity index (χ3n) is 5.15. The van der Waals surface area contributed by atoms with Crippen LogP contribution in [0.1, 0.15) is 23.6 Å². The highest BCUT2D eigenvalue weighted by Crippen LogP contribution is 2.29. The maximum atomic E-state index is 12.8. The Hall–Kier alpha value is -3.80. The molecule has 1 atom stereocenters. The molecule has 4 rings (SSSR count). The van der Waals surface area contributed by atoms with Crippen LogP contribution in [0.3, 0.4) is 0 Å². The largest absolute Gasteiger partial charge is 0.481 e. The second kappa shape index (κ2) is 9.34. The van der Waals surface area contributed by atoms with E-state index in [9.17, 15) is 9.59 Å². The summed E-state index contributed by atoms with van der Waals surface area (Å²) in [5.41, 5.74) is 3.59. The number of nitrogens with one attached hydrogen (secondary N) is 2. The molecule has 158 valence electrons. The molecule has 3 aromatic rings. The fourth-order valence-electron chi connectivity index (χ4n) is 3.57. The summed E-state index contributed by atoms with van der Waals surface area (Å²) in [6, 6.07) is 24.8. The van der Waals surface area contributed by atoms with Crippen LogP contribution in [0.15, 0.2) is 78.9 Å². The number of nitrogens with zero attached hydrogens (tertiary/aromatic N) is 1. The van der Waals surface area contributed by atoms with Crippen molar-refractivity contribution in [3.05, 3.63) is 95.6 Å². The molecule has 6 nitrogen and oxygen atoms in total. The summed E-state index contributed by atoms with van der Waals surface area (Å²) in [6.45, 7) is 3.12. The number of ether oxygens (including phenoxy) is 1. The fourth-order valence-corrected chi connectivity index (χ4v) is 3.57. The Bertz CT molecular complexity index is 1050. The van der Waals surface area contributed by atoms with Crippen LogP contribution in [0.2, 0.25) is 0 Å². The number of benzene rings is 3. The van der Waals surface area contributed by atoms with E-state index < -0.39 is 6.10 Å². The van der Waals surface area contributed by atoms with Gasteiger partial charge in [-0.2, -0.15) is 0 Å². The molecular formula is C25H25N3O3. The number of rotatable bonds is 5. The van der Waals surface area contributed by atoms with Crippen molar-refractivity contribution in [3.8, 4) is 5.75 Å². The molecule has 0 aromatic heterocycles. The van der Waals surface area contributed by atoms with Gasteiger partial charge in [0, 0.05) is 30.9 Å². The summed E-state index contributed by atoms with van der Waals surface area (Å²) in [6.07, 6.45) is -0.571. The first-order valence-electron chi connectivity index (χ1n) is 10.3. The van der Waals surface area contributed by atoms with Crippen molar-refractivity contribution in [1.29, 1.82) is 0 Å². The van der Waals surface area contributed by atoms with Crippen molar-refractivity contribution in [3.63, 3.8) is 0 Å². The fraction of sp³-hybridized carbons (Fsp3) is 0.200. The monoisotopic (exact) mass is 415 g/mol. The van der Waals surface area contributed by atoms with Gasteiger partial charge in [0.15, 0.2) is 6.10 Å². The number of urea groups is 1. The predicted octanol–water partition coefficient (Wildman–Crippen LogP) is 4.32. The van der Waals surface area contributed by atoms with Gasteiger partial charge in [0.1, 0.15) is 5.75 Å². The van der Waals surface area contributed by atoms with Crippen LogP contribution in [0.5, 0.6) is 5.75 Å². The van der Waals surface area contributed by atoms with Gasteiger partial charge >= 0.3 is 6.03 Å². The van der Waals surface area contributed by atoms with Crippen LogP contribution < -0.4 is 15.4 Å². The number of hydrogen-bond donors (Lipinski definition) is 2. The molecule has 3 aromatic carbocycles. The lowest BCUT2D eigenvalue weighted by molar-refractivity contribution is -0.138. The van der Waals surface area contributed by atoms with Crippen LogP contribution in [-0.4, -0.2) is 22.9 Å². The van der Waals surface area contributed by atoms with E-state index in [1.54, 1.807) is 24.0 Å². The standard InChI is InChI=1S/C25H25N3O3/c1-18-24(29)28(16-20-10-6-3-7-11-20)17-21-14-22(12-13-23(21)31-18)27-25(30)26-15-19-8-4-2-5-9-19/h2-14,18H,15-17H2,1H3,(H2,26,27,30).